The van der Waals surface area contributed by atoms with E-state index >= 15 is 0 Å². The van der Waals surface area contributed by atoms with E-state index in [2.05, 4.69) is 14.6 Å². The van der Waals surface area contributed by atoms with Crippen LogP contribution in [0, 0.1) is 0 Å². The average Bonchev–Trinajstić information content (AvgIpc) is 3.26. The van der Waals surface area contributed by atoms with Gasteiger partial charge in [0.15, 0.2) is 0 Å². The monoisotopic (exact) mass is 343 g/mol. The molecule has 0 fully saturated rings. The summed E-state index contributed by atoms with van der Waals surface area (Å²) in [7, 11) is 1.72. The molecule has 4 heterocycles. The minimum absolute atomic E-state index is 0.0416. The van der Waals surface area contributed by atoms with Crippen LogP contribution < -0.4 is 5.56 Å². The van der Waals surface area contributed by atoms with Crippen LogP contribution in [-0.4, -0.2) is 24.3 Å². The molecule has 0 radical (unpaired) electrons. The van der Waals surface area contributed by atoms with Gasteiger partial charge in [-0.25, -0.2) is 4.98 Å². The molecule has 0 saturated carbocycles. The first-order valence-electron chi connectivity index (χ1n) is 8.69. The van der Waals surface area contributed by atoms with Crippen LogP contribution in [0.5, 0.6) is 0 Å². The van der Waals surface area contributed by atoms with Gasteiger partial charge in [-0.05, 0) is 42.7 Å². The third-order valence-electron chi connectivity index (χ3n) is 4.95. The fraction of sp³-hybridized carbons (Fsp3) is 0.200. The first kappa shape index (κ1) is 15.0. The number of aromatic nitrogens is 5. The molecule has 0 unspecified atom stereocenters. The Morgan fingerprint density at radius 1 is 1.12 bits per heavy atom. The number of hydrogen-bond donors (Lipinski definition) is 0. The van der Waals surface area contributed by atoms with Gasteiger partial charge in [0.1, 0.15) is 5.69 Å². The Balaban J connectivity index is 1.80. The number of rotatable bonds is 2. The van der Waals surface area contributed by atoms with Crippen molar-refractivity contribution in [3.05, 3.63) is 65.0 Å². The Kier molecular flexibility index (Phi) is 3.25. The Morgan fingerprint density at radius 2 is 2.04 bits per heavy atom. The number of nitrogens with zero attached hydrogens (tertiary/aromatic N) is 5. The molecule has 3 aromatic heterocycles. The number of pyridine rings is 1. The van der Waals surface area contributed by atoms with Crippen LogP contribution >= 0.6 is 0 Å². The lowest BCUT2D eigenvalue weighted by atomic mass is 9.98. The summed E-state index contributed by atoms with van der Waals surface area (Å²) in [4.78, 5) is 21.4. The molecule has 1 aliphatic heterocycles. The summed E-state index contributed by atoms with van der Waals surface area (Å²) in [6.07, 6.45) is 5.41. The van der Waals surface area contributed by atoms with Gasteiger partial charge >= 0.3 is 0 Å². The van der Waals surface area contributed by atoms with Crippen molar-refractivity contribution in [3.8, 4) is 22.5 Å². The number of aryl methyl sites for hydroxylation is 2. The minimum atomic E-state index is -0.0416. The molecule has 0 bridgehead atoms. The van der Waals surface area contributed by atoms with Gasteiger partial charge in [-0.15, -0.1) is 0 Å². The lowest BCUT2D eigenvalue weighted by Crippen LogP contribution is -2.16. The van der Waals surface area contributed by atoms with Crippen LogP contribution in [0.25, 0.3) is 33.4 Å². The van der Waals surface area contributed by atoms with E-state index in [1.54, 1.807) is 19.6 Å². The maximum Gasteiger partial charge on any atom is 0.260 e. The zero-order chi connectivity index (χ0) is 17.7. The summed E-state index contributed by atoms with van der Waals surface area (Å²) in [6, 6.07) is 11.7. The summed E-state index contributed by atoms with van der Waals surface area (Å²) < 4.78 is 3.58. The van der Waals surface area contributed by atoms with Crippen molar-refractivity contribution < 1.29 is 0 Å². The Hall–Kier alpha value is -3.28. The van der Waals surface area contributed by atoms with Crippen molar-refractivity contribution in [1.29, 1.82) is 0 Å². The van der Waals surface area contributed by atoms with E-state index in [0.717, 1.165) is 41.9 Å². The van der Waals surface area contributed by atoms with Crippen LogP contribution in [0.4, 0.5) is 0 Å². The second-order valence-electron chi connectivity index (χ2n) is 6.60. The minimum Gasteiger partial charge on any atom is -0.302 e. The van der Waals surface area contributed by atoms with Gasteiger partial charge in [0.25, 0.3) is 5.56 Å². The van der Waals surface area contributed by atoms with E-state index in [9.17, 15) is 4.79 Å². The highest BCUT2D eigenvalue weighted by Gasteiger charge is 2.24. The molecule has 128 valence electrons. The molecule has 1 aromatic carbocycles. The second-order valence-corrected chi connectivity index (χ2v) is 6.60. The molecule has 0 saturated heterocycles. The molecule has 6 nitrogen and oxygen atoms in total. The zero-order valence-corrected chi connectivity index (χ0v) is 14.4. The van der Waals surface area contributed by atoms with Gasteiger partial charge in [-0.2, -0.15) is 5.10 Å². The largest absolute Gasteiger partial charge is 0.302 e. The smallest absolute Gasteiger partial charge is 0.260 e. The van der Waals surface area contributed by atoms with Crippen LogP contribution in [0.1, 0.15) is 12.1 Å². The maximum absolute atomic E-state index is 12.5. The summed E-state index contributed by atoms with van der Waals surface area (Å²) >= 11 is 0. The van der Waals surface area contributed by atoms with E-state index in [1.807, 2.05) is 36.4 Å². The maximum atomic E-state index is 12.5. The van der Waals surface area contributed by atoms with Gasteiger partial charge in [-0.1, -0.05) is 12.1 Å². The molecule has 0 atom stereocenters. The van der Waals surface area contributed by atoms with Crippen LogP contribution in [0.15, 0.2) is 53.7 Å². The van der Waals surface area contributed by atoms with Crippen LogP contribution in [-0.2, 0) is 20.0 Å². The zero-order valence-electron chi connectivity index (χ0n) is 14.4. The van der Waals surface area contributed by atoms with Gasteiger partial charge in [-0.3, -0.25) is 14.5 Å². The van der Waals surface area contributed by atoms with Crippen LogP contribution in [0.3, 0.4) is 0 Å². The molecule has 0 amide bonds. The molecule has 4 aromatic rings. The molecular formula is C20H17N5O. The van der Waals surface area contributed by atoms with E-state index in [-0.39, 0.29) is 5.56 Å². The van der Waals surface area contributed by atoms with Gasteiger partial charge < -0.3 is 4.57 Å². The Bertz CT molecular complexity index is 1190. The number of benzene rings is 1. The first-order chi connectivity index (χ1) is 12.7. The highest BCUT2D eigenvalue weighted by Crippen LogP contribution is 2.37. The fourth-order valence-electron chi connectivity index (χ4n) is 3.68. The van der Waals surface area contributed by atoms with Crippen molar-refractivity contribution in [2.75, 3.05) is 0 Å². The lowest BCUT2D eigenvalue weighted by Gasteiger charge is -2.07. The predicted octanol–water partition coefficient (Wildman–Crippen LogP) is 2.81. The topological polar surface area (TPSA) is 65.6 Å². The normalized spacial score (nSPS) is 13.3. The van der Waals surface area contributed by atoms with Crippen molar-refractivity contribution in [2.24, 2.45) is 7.05 Å². The average molecular weight is 343 g/mol. The molecule has 6 heteroatoms. The molecule has 1 aliphatic rings. The van der Waals surface area contributed by atoms with Crippen molar-refractivity contribution in [2.45, 2.75) is 19.4 Å². The van der Waals surface area contributed by atoms with Crippen molar-refractivity contribution >= 4 is 10.9 Å². The van der Waals surface area contributed by atoms with E-state index < -0.39 is 0 Å². The highest BCUT2D eigenvalue weighted by atomic mass is 16.1. The van der Waals surface area contributed by atoms with Crippen LogP contribution in [0.2, 0.25) is 0 Å². The molecular weight excluding hydrogens is 326 g/mol. The van der Waals surface area contributed by atoms with Crippen molar-refractivity contribution in [1.82, 2.24) is 24.3 Å². The standard InChI is InChI=1S/C20H17N5O/c1-24-12-22-15-8-7-13(11-14(15)20(24)26)18-17-6-4-10-25(17)23-19(18)16-5-2-3-9-21-16/h2-3,5,7-9,11-12H,4,6,10H2,1H3. The predicted molar refractivity (Wildman–Crippen MR) is 99.8 cm³/mol. The summed E-state index contributed by atoms with van der Waals surface area (Å²) in [5.74, 6) is 0. The molecule has 26 heavy (non-hydrogen) atoms. The third kappa shape index (κ3) is 2.19. The van der Waals surface area contributed by atoms with E-state index in [0.29, 0.717) is 10.9 Å². The quantitative estimate of drug-likeness (QED) is 0.561. The lowest BCUT2D eigenvalue weighted by molar-refractivity contribution is 0.658. The third-order valence-corrected chi connectivity index (χ3v) is 4.95. The Morgan fingerprint density at radius 3 is 2.88 bits per heavy atom. The fourth-order valence-corrected chi connectivity index (χ4v) is 3.68. The van der Waals surface area contributed by atoms with Gasteiger partial charge in [0.2, 0.25) is 0 Å². The summed E-state index contributed by atoms with van der Waals surface area (Å²) in [6.45, 7) is 0.923. The molecule has 5 rings (SSSR count). The number of fused-ring (bicyclic) bond motifs is 2. The first-order valence-corrected chi connectivity index (χ1v) is 8.69. The molecule has 0 aliphatic carbocycles. The summed E-state index contributed by atoms with van der Waals surface area (Å²) in [5.41, 5.74) is 5.68. The van der Waals surface area contributed by atoms with Gasteiger partial charge in [0, 0.05) is 31.0 Å². The van der Waals surface area contributed by atoms with E-state index in [4.69, 9.17) is 5.10 Å². The second kappa shape index (κ2) is 5.62. The molecule has 0 N–H and O–H groups in total. The van der Waals surface area contributed by atoms with E-state index in [1.165, 1.54) is 10.3 Å². The number of hydrogen-bond acceptors (Lipinski definition) is 4. The van der Waals surface area contributed by atoms with Gasteiger partial charge in [0.05, 0.1) is 22.9 Å². The van der Waals surface area contributed by atoms with Crippen molar-refractivity contribution in [3.63, 3.8) is 0 Å². The SMILES string of the molecule is Cn1cnc2ccc(-c3c(-c4ccccn4)nn4c3CCC4)cc2c1=O. The summed E-state index contributed by atoms with van der Waals surface area (Å²) in [5, 5.41) is 5.44. The Labute approximate surface area is 149 Å². The highest BCUT2D eigenvalue weighted by molar-refractivity contribution is 5.88. The molecule has 0 spiro atoms.